The number of pyridine rings is 1. The molecule has 0 amide bonds. The van der Waals surface area contributed by atoms with Crippen molar-refractivity contribution in [2.45, 2.75) is 5.03 Å². The van der Waals surface area contributed by atoms with E-state index in [0.717, 1.165) is 16.1 Å². The van der Waals surface area contributed by atoms with Crippen LogP contribution < -0.4 is 0 Å². The standard InChI is InChI=1S/C9H10ClN3O2S2/c1-13-6-12-8-7(13)2-3-11-9(8)16-4-5-17(10,14)15/h2-3,6H,4-5H2,1H3. The average molecular weight is 292 g/mol. The number of halogens is 1. The van der Waals surface area contributed by atoms with E-state index in [1.54, 1.807) is 12.5 Å². The van der Waals surface area contributed by atoms with Crippen LogP contribution in [0.2, 0.25) is 0 Å². The van der Waals surface area contributed by atoms with Gasteiger partial charge < -0.3 is 4.57 Å². The van der Waals surface area contributed by atoms with Crippen LogP contribution in [-0.4, -0.2) is 34.5 Å². The minimum atomic E-state index is -3.44. The Labute approximate surface area is 108 Å². The van der Waals surface area contributed by atoms with E-state index in [9.17, 15) is 8.42 Å². The first-order chi connectivity index (χ1) is 7.97. The van der Waals surface area contributed by atoms with E-state index in [4.69, 9.17) is 10.7 Å². The predicted molar refractivity (Wildman–Crippen MR) is 68.9 cm³/mol. The molecule has 0 fully saturated rings. The van der Waals surface area contributed by atoms with E-state index in [0.29, 0.717) is 5.75 Å². The third-order valence-electron chi connectivity index (χ3n) is 2.18. The first-order valence-corrected chi connectivity index (χ1v) is 8.25. The highest BCUT2D eigenvalue weighted by molar-refractivity contribution is 8.14. The van der Waals surface area contributed by atoms with Crippen LogP contribution in [0.1, 0.15) is 0 Å². The fraction of sp³-hybridized carbons (Fsp3) is 0.333. The number of rotatable bonds is 4. The van der Waals surface area contributed by atoms with Gasteiger partial charge in [0.2, 0.25) is 9.05 Å². The molecule has 0 bridgehead atoms. The summed E-state index contributed by atoms with van der Waals surface area (Å²) in [4.78, 5) is 8.42. The number of aromatic nitrogens is 3. The fourth-order valence-electron chi connectivity index (χ4n) is 1.38. The zero-order valence-electron chi connectivity index (χ0n) is 9.00. The Morgan fingerprint density at radius 1 is 1.47 bits per heavy atom. The minimum Gasteiger partial charge on any atom is -0.334 e. The maximum atomic E-state index is 10.8. The van der Waals surface area contributed by atoms with Crippen LogP contribution in [0.5, 0.6) is 0 Å². The van der Waals surface area contributed by atoms with E-state index >= 15 is 0 Å². The number of thioether (sulfide) groups is 1. The number of nitrogens with zero attached hydrogens (tertiary/aromatic N) is 3. The second-order valence-electron chi connectivity index (χ2n) is 3.43. The summed E-state index contributed by atoms with van der Waals surface area (Å²) < 4.78 is 23.5. The molecule has 0 unspecified atom stereocenters. The monoisotopic (exact) mass is 291 g/mol. The van der Waals surface area contributed by atoms with E-state index in [1.165, 1.54) is 11.8 Å². The van der Waals surface area contributed by atoms with Gasteiger partial charge in [-0.2, -0.15) is 0 Å². The molecule has 0 saturated carbocycles. The Hall–Kier alpha value is -0.790. The van der Waals surface area contributed by atoms with E-state index in [-0.39, 0.29) is 5.75 Å². The van der Waals surface area contributed by atoms with E-state index < -0.39 is 9.05 Å². The summed E-state index contributed by atoms with van der Waals surface area (Å²) >= 11 is 1.34. The lowest BCUT2D eigenvalue weighted by Crippen LogP contribution is -2.00. The summed E-state index contributed by atoms with van der Waals surface area (Å²) in [5.74, 6) is 0.290. The molecule has 2 rings (SSSR count). The number of imidazole rings is 1. The molecule has 0 aliphatic rings. The van der Waals surface area contributed by atoms with Crippen molar-refractivity contribution < 1.29 is 8.42 Å². The molecule has 5 nitrogen and oxygen atoms in total. The Morgan fingerprint density at radius 2 is 2.24 bits per heavy atom. The van der Waals surface area contributed by atoms with E-state index in [2.05, 4.69) is 9.97 Å². The second kappa shape index (κ2) is 4.83. The molecule has 2 aromatic rings. The van der Waals surface area contributed by atoms with Crippen LogP contribution in [0.4, 0.5) is 0 Å². The van der Waals surface area contributed by atoms with Gasteiger partial charge in [0.05, 0.1) is 17.6 Å². The first kappa shape index (κ1) is 12.7. The van der Waals surface area contributed by atoms with Crippen LogP contribution in [0.3, 0.4) is 0 Å². The van der Waals surface area contributed by atoms with Gasteiger partial charge in [-0.25, -0.2) is 18.4 Å². The molecular weight excluding hydrogens is 282 g/mol. The van der Waals surface area contributed by atoms with Crippen molar-refractivity contribution in [2.75, 3.05) is 11.5 Å². The van der Waals surface area contributed by atoms with Gasteiger partial charge in [-0.1, -0.05) is 0 Å². The molecule has 0 aliphatic heterocycles. The fourth-order valence-corrected chi connectivity index (χ4v) is 3.70. The summed E-state index contributed by atoms with van der Waals surface area (Å²) in [6.45, 7) is 0. The van der Waals surface area contributed by atoms with Gasteiger partial charge in [-0.15, -0.1) is 11.8 Å². The lowest BCUT2D eigenvalue weighted by atomic mass is 10.4. The zero-order valence-corrected chi connectivity index (χ0v) is 11.4. The molecule has 2 aromatic heterocycles. The molecule has 92 valence electrons. The van der Waals surface area contributed by atoms with Crippen molar-refractivity contribution in [1.29, 1.82) is 0 Å². The molecule has 17 heavy (non-hydrogen) atoms. The number of hydrogen-bond acceptors (Lipinski definition) is 5. The van der Waals surface area contributed by atoms with Crippen molar-refractivity contribution in [3.63, 3.8) is 0 Å². The van der Waals surface area contributed by atoms with Crippen molar-refractivity contribution in [3.05, 3.63) is 18.6 Å². The Morgan fingerprint density at radius 3 is 2.94 bits per heavy atom. The highest BCUT2D eigenvalue weighted by atomic mass is 35.7. The molecule has 2 heterocycles. The Kier molecular flexibility index (Phi) is 3.60. The molecule has 0 saturated heterocycles. The Balaban J connectivity index is 2.19. The average Bonchev–Trinajstić information content (AvgIpc) is 2.60. The van der Waals surface area contributed by atoms with Crippen LogP contribution in [0.15, 0.2) is 23.6 Å². The van der Waals surface area contributed by atoms with Crippen LogP contribution in [0.25, 0.3) is 11.0 Å². The summed E-state index contributed by atoms with van der Waals surface area (Å²) in [5.41, 5.74) is 1.75. The number of aryl methyl sites for hydroxylation is 1. The van der Waals surface area contributed by atoms with Gasteiger partial charge in [0.15, 0.2) is 0 Å². The van der Waals surface area contributed by atoms with Crippen molar-refractivity contribution in [1.82, 2.24) is 14.5 Å². The van der Waals surface area contributed by atoms with Gasteiger partial charge in [0.1, 0.15) is 10.5 Å². The third kappa shape index (κ3) is 3.11. The first-order valence-electron chi connectivity index (χ1n) is 4.78. The van der Waals surface area contributed by atoms with Crippen LogP contribution in [-0.2, 0) is 16.1 Å². The maximum Gasteiger partial charge on any atom is 0.233 e. The Bertz CT molecular complexity index is 639. The predicted octanol–water partition coefficient (Wildman–Crippen LogP) is 1.63. The largest absolute Gasteiger partial charge is 0.334 e. The summed E-state index contributed by atoms with van der Waals surface area (Å²) in [6, 6.07) is 1.87. The third-order valence-corrected chi connectivity index (χ3v) is 4.57. The SMILES string of the molecule is Cn1cnc2c(SCCS(=O)(=O)Cl)nccc21. The second-order valence-corrected chi connectivity index (χ2v) is 7.41. The molecule has 8 heteroatoms. The molecule has 0 radical (unpaired) electrons. The molecule has 0 aromatic carbocycles. The zero-order chi connectivity index (χ0) is 12.5. The summed E-state index contributed by atoms with van der Waals surface area (Å²) in [5, 5.41) is 0.725. The van der Waals surface area contributed by atoms with E-state index in [1.807, 2.05) is 17.7 Å². The normalized spacial score (nSPS) is 12.1. The van der Waals surface area contributed by atoms with Crippen molar-refractivity contribution in [3.8, 4) is 0 Å². The number of hydrogen-bond donors (Lipinski definition) is 0. The lowest BCUT2D eigenvalue weighted by molar-refractivity contribution is 0.611. The van der Waals surface area contributed by atoms with Gasteiger partial charge in [0, 0.05) is 29.7 Å². The number of fused-ring (bicyclic) bond motifs is 1. The van der Waals surface area contributed by atoms with Crippen LogP contribution >= 0.6 is 22.4 Å². The summed E-state index contributed by atoms with van der Waals surface area (Å²) in [7, 11) is 3.59. The lowest BCUT2D eigenvalue weighted by Gasteiger charge is -2.00. The molecule has 0 aliphatic carbocycles. The maximum absolute atomic E-state index is 10.8. The van der Waals surface area contributed by atoms with Gasteiger partial charge in [0.25, 0.3) is 0 Å². The van der Waals surface area contributed by atoms with Gasteiger partial charge in [-0.3, -0.25) is 0 Å². The quantitative estimate of drug-likeness (QED) is 0.633. The van der Waals surface area contributed by atoms with Gasteiger partial charge in [-0.05, 0) is 6.07 Å². The minimum absolute atomic E-state index is 0.0792. The highest BCUT2D eigenvalue weighted by Crippen LogP contribution is 2.24. The van der Waals surface area contributed by atoms with Crippen molar-refractivity contribution >= 4 is 42.5 Å². The summed E-state index contributed by atoms with van der Waals surface area (Å²) in [6.07, 6.45) is 3.39. The molecule has 0 spiro atoms. The van der Waals surface area contributed by atoms with Crippen LogP contribution in [0, 0.1) is 0 Å². The topological polar surface area (TPSA) is 64.8 Å². The highest BCUT2D eigenvalue weighted by Gasteiger charge is 2.10. The molecular formula is C9H10ClN3O2S2. The van der Waals surface area contributed by atoms with Crippen molar-refractivity contribution in [2.24, 2.45) is 7.05 Å². The molecule has 0 atom stereocenters. The van der Waals surface area contributed by atoms with Gasteiger partial charge >= 0.3 is 0 Å². The molecule has 0 N–H and O–H groups in total. The smallest absolute Gasteiger partial charge is 0.233 e.